The molecule has 0 aliphatic carbocycles. The van der Waals surface area contributed by atoms with Gasteiger partial charge in [0.15, 0.2) is 21.3 Å². The van der Waals surface area contributed by atoms with Crippen molar-refractivity contribution < 1.29 is 27.0 Å². The molecule has 0 unspecified atom stereocenters. The van der Waals surface area contributed by atoms with Crippen LogP contribution in [-0.4, -0.2) is 51.8 Å². The highest BCUT2D eigenvalue weighted by Gasteiger charge is 2.35. The van der Waals surface area contributed by atoms with Crippen molar-refractivity contribution in [3.63, 3.8) is 0 Å². The minimum Gasteiger partial charge on any atom is -0.493 e. The second-order valence-corrected chi connectivity index (χ2v) is 10.7. The minimum atomic E-state index is -3.02. The van der Waals surface area contributed by atoms with Crippen LogP contribution >= 0.6 is 0 Å². The van der Waals surface area contributed by atoms with E-state index in [1.54, 1.807) is 32.4 Å². The molecule has 2 aromatic carbocycles. The molecule has 0 bridgehead atoms. The van der Waals surface area contributed by atoms with Crippen LogP contribution in [0.4, 0.5) is 0 Å². The first-order chi connectivity index (χ1) is 15.8. The lowest BCUT2D eigenvalue weighted by Gasteiger charge is -2.33. The Balaban J connectivity index is 1.59. The highest BCUT2D eigenvalue weighted by atomic mass is 32.2. The number of nitrogens with zero attached hydrogens (tertiary/aromatic N) is 1. The first kappa shape index (κ1) is 21.8. The molecule has 174 valence electrons. The van der Waals surface area contributed by atoms with Crippen LogP contribution in [0.25, 0.3) is 22.1 Å². The summed E-state index contributed by atoms with van der Waals surface area (Å²) < 4.78 is 46.4. The third-order valence-electron chi connectivity index (χ3n) is 6.54. The molecule has 2 aliphatic heterocycles. The van der Waals surface area contributed by atoms with Crippen LogP contribution in [0.5, 0.6) is 17.2 Å². The van der Waals surface area contributed by atoms with Crippen LogP contribution in [0.2, 0.25) is 0 Å². The maximum Gasteiger partial charge on any atom is 0.344 e. The smallest absolute Gasteiger partial charge is 0.344 e. The fraction of sp³-hybridized carbons (Fsp3) is 0.375. The molecule has 1 atom stereocenters. The van der Waals surface area contributed by atoms with Crippen LogP contribution in [0, 0.1) is 6.92 Å². The Hall–Kier alpha value is -3.04. The van der Waals surface area contributed by atoms with Crippen molar-refractivity contribution in [2.75, 3.05) is 32.5 Å². The Morgan fingerprint density at radius 1 is 1.09 bits per heavy atom. The second-order valence-electron chi connectivity index (χ2n) is 8.46. The van der Waals surface area contributed by atoms with Crippen molar-refractivity contribution >= 4 is 20.8 Å². The van der Waals surface area contributed by atoms with Gasteiger partial charge in [0.2, 0.25) is 0 Å². The summed E-state index contributed by atoms with van der Waals surface area (Å²) >= 11 is 0. The van der Waals surface area contributed by atoms with Crippen LogP contribution in [0.1, 0.15) is 17.5 Å². The monoisotopic (exact) mass is 471 g/mol. The van der Waals surface area contributed by atoms with Gasteiger partial charge < -0.3 is 18.6 Å². The summed E-state index contributed by atoms with van der Waals surface area (Å²) in [7, 11) is 0.0898. The van der Waals surface area contributed by atoms with E-state index in [4.69, 9.17) is 18.6 Å². The number of hydrogen-bond acceptors (Lipinski definition) is 8. The van der Waals surface area contributed by atoms with Gasteiger partial charge in [-0.25, -0.2) is 13.2 Å². The zero-order valence-electron chi connectivity index (χ0n) is 18.7. The Labute approximate surface area is 191 Å². The lowest BCUT2D eigenvalue weighted by atomic mass is 9.97. The maximum absolute atomic E-state index is 13.1. The summed E-state index contributed by atoms with van der Waals surface area (Å²) in [5, 5.41) is 0.808. The molecular weight excluding hydrogens is 446 g/mol. The standard InChI is InChI=1S/C24H25NO7S/c1-14-17-5-7-19-18(11-25(13-31-19)16-8-9-33(27,28)12-16)23(17)32-24(26)22(14)15-4-6-20(29-2)21(10-15)30-3/h4-7,10,16H,8-9,11-13H2,1-3H3/t16-/m1/s1. The number of hydrogen-bond donors (Lipinski definition) is 0. The van der Waals surface area contributed by atoms with Crippen LogP contribution < -0.4 is 19.8 Å². The Morgan fingerprint density at radius 2 is 1.88 bits per heavy atom. The molecule has 33 heavy (non-hydrogen) atoms. The van der Waals surface area contributed by atoms with Gasteiger partial charge >= 0.3 is 5.63 Å². The van der Waals surface area contributed by atoms with E-state index in [9.17, 15) is 13.2 Å². The first-order valence-electron chi connectivity index (χ1n) is 10.7. The summed E-state index contributed by atoms with van der Waals surface area (Å²) in [6.07, 6.45) is 0.582. The Kier molecular flexibility index (Phi) is 5.33. The fourth-order valence-corrected chi connectivity index (χ4v) is 6.52. The predicted molar refractivity (Wildman–Crippen MR) is 124 cm³/mol. The number of sulfone groups is 1. The van der Waals surface area contributed by atoms with Crippen LogP contribution in [0.3, 0.4) is 0 Å². The Morgan fingerprint density at radius 3 is 2.58 bits per heavy atom. The zero-order chi connectivity index (χ0) is 23.3. The molecule has 3 aromatic rings. The van der Waals surface area contributed by atoms with E-state index in [-0.39, 0.29) is 17.5 Å². The normalized spacial score (nSPS) is 19.8. The first-order valence-corrected chi connectivity index (χ1v) is 12.5. The number of aryl methyl sites for hydroxylation is 1. The fourth-order valence-electron chi connectivity index (χ4n) is 4.76. The van der Waals surface area contributed by atoms with Gasteiger partial charge in [0.05, 0.1) is 36.9 Å². The van der Waals surface area contributed by atoms with E-state index in [1.165, 1.54) is 0 Å². The SMILES string of the molecule is COc1ccc(-c2c(C)c3ccc4c(c3oc2=O)CN([C@@H]2CCS(=O)(=O)C2)CO4)cc1OC. The van der Waals surface area contributed by atoms with Crippen molar-refractivity contribution in [3.05, 3.63) is 51.9 Å². The van der Waals surface area contributed by atoms with Crippen LogP contribution in [-0.2, 0) is 16.4 Å². The van der Waals surface area contributed by atoms with Crippen molar-refractivity contribution in [1.82, 2.24) is 4.90 Å². The highest BCUT2D eigenvalue weighted by molar-refractivity contribution is 7.91. The van der Waals surface area contributed by atoms with E-state index in [0.717, 1.165) is 16.5 Å². The third-order valence-corrected chi connectivity index (χ3v) is 8.29. The topological polar surface area (TPSA) is 95.3 Å². The van der Waals surface area contributed by atoms with Gasteiger partial charge in [0.25, 0.3) is 0 Å². The van der Waals surface area contributed by atoms with Gasteiger partial charge in [-0.2, -0.15) is 0 Å². The van der Waals surface area contributed by atoms with Gasteiger partial charge in [0.1, 0.15) is 18.1 Å². The third kappa shape index (κ3) is 3.75. The quantitative estimate of drug-likeness (QED) is 0.536. The molecule has 0 N–H and O–H groups in total. The van der Waals surface area contributed by atoms with Crippen molar-refractivity contribution in [3.8, 4) is 28.4 Å². The van der Waals surface area contributed by atoms with Gasteiger partial charge in [-0.05, 0) is 48.7 Å². The average molecular weight is 472 g/mol. The number of methoxy groups -OCH3 is 2. The number of benzene rings is 2. The minimum absolute atomic E-state index is 0.0998. The van der Waals surface area contributed by atoms with Crippen LogP contribution in [0.15, 0.2) is 39.5 Å². The second kappa shape index (κ2) is 8.07. The van der Waals surface area contributed by atoms with Gasteiger partial charge in [-0.15, -0.1) is 0 Å². The summed E-state index contributed by atoms with van der Waals surface area (Å²) in [6, 6.07) is 8.99. The molecule has 9 heteroatoms. The molecule has 0 amide bonds. The molecule has 1 aromatic heterocycles. The highest BCUT2D eigenvalue weighted by Crippen LogP contribution is 2.38. The van der Waals surface area contributed by atoms with Crippen molar-refractivity contribution in [2.24, 2.45) is 0 Å². The number of rotatable bonds is 4. The average Bonchev–Trinajstić information content (AvgIpc) is 3.18. The Bertz CT molecular complexity index is 1410. The van der Waals surface area contributed by atoms with E-state index >= 15 is 0 Å². The van der Waals surface area contributed by atoms with Crippen molar-refractivity contribution in [2.45, 2.75) is 25.9 Å². The predicted octanol–water partition coefficient (Wildman–Crippen LogP) is 3.12. The summed E-state index contributed by atoms with van der Waals surface area (Å²) in [6.45, 7) is 2.67. The van der Waals surface area contributed by atoms with Gasteiger partial charge in [0, 0.05) is 18.0 Å². The molecule has 0 spiro atoms. The summed E-state index contributed by atoms with van der Waals surface area (Å²) in [5.74, 6) is 2.07. The lowest BCUT2D eigenvalue weighted by Crippen LogP contribution is -2.41. The number of ether oxygens (including phenoxy) is 3. The molecule has 0 radical (unpaired) electrons. The van der Waals surface area contributed by atoms with Gasteiger partial charge in [-0.1, -0.05) is 6.07 Å². The maximum atomic E-state index is 13.1. The molecule has 1 fully saturated rings. The van der Waals surface area contributed by atoms with Crippen molar-refractivity contribution in [1.29, 1.82) is 0 Å². The molecule has 2 aliphatic rings. The zero-order valence-corrected chi connectivity index (χ0v) is 19.5. The molecule has 8 nitrogen and oxygen atoms in total. The largest absolute Gasteiger partial charge is 0.493 e. The van der Waals surface area contributed by atoms with E-state index in [0.29, 0.717) is 53.7 Å². The summed E-state index contributed by atoms with van der Waals surface area (Å²) in [4.78, 5) is 15.1. The molecule has 1 saturated heterocycles. The van der Waals surface area contributed by atoms with E-state index in [1.807, 2.05) is 24.0 Å². The van der Waals surface area contributed by atoms with E-state index in [2.05, 4.69) is 0 Å². The summed E-state index contributed by atoms with van der Waals surface area (Å²) in [5.41, 5.74) is 2.70. The lowest BCUT2D eigenvalue weighted by molar-refractivity contribution is 0.0649. The molecule has 5 rings (SSSR count). The van der Waals surface area contributed by atoms with Gasteiger partial charge in [-0.3, -0.25) is 4.90 Å². The molecule has 0 saturated carbocycles. The molecular formula is C24H25NO7S. The van der Waals surface area contributed by atoms with E-state index < -0.39 is 15.5 Å². The molecule has 3 heterocycles. The number of fused-ring (bicyclic) bond motifs is 3.